The van der Waals surface area contributed by atoms with Crippen molar-refractivity contribution in [2.24, 2.45) is 0 Å². The zero-order valence-corrected chi connectivity index (χ0v) is 12.4. The molecule has 5 nitrogen and oxygen atoms in total. The van der Waals surface area contributed by atoms with E-state index in [9.17, 15) is 0 Å². The lowest BCUT2D eigenvalue weighted by molar-refractivity contribution is 0.682. The maximum absolute atomic E-state index is 4.45. The van der Waals surface area contributed by atoms with Crippen LogP contribution in [-0.2, 0) is 13.0 Å². The van der Waals surface area contributed by atoms with E-state index in [1.165, 1.54) is 18.4 Å². The lowest BCUT2D eigenvalue weighted by atomic mass is 10.2. The molecular weight excluding hydrogens is 262 g/mol. The van der Waals surface area contributed by atoms with Gasteiger partial charge >= 0.3 is 0 Å². The molecule has 0 bridgehead atoms. The molecule has 0 saturated heterocycles. The van der Waals surface area contributed by atoms with Gasteiger partial charge < -0.3 is 10.2 Å². The monoisotopic (exact) mass is 283 g/mol. The van der Waals surface area contributed by atoms with Gasteiger partial charge in [-0.1, -0.05) is 0 Å². The quantitative estimate of drug-likeness (QED) is 0.840. The van der Waals surface area contributed by atoms with E-state index in [1.807, 2.05) is 44.0 Å². The van der Waals surface area contributed by atoms with Crippen LogP contribution in [-0.4, -0.2) is 34.6 Å². The van der Waals surface area contributed by atoms with E-state index in [1.54, 1.807) is 0 Å². The van der Waals surface area contributed by atoms with Crippen molar-refractivity contribution in [3.8, 4) is 0 Å². The van der Waals surface area contributed by atoms with Gasteiger partial charge in [-0.2, -0.15) is 0 Å². The van der Waals surface area contributed by atoms with Crippen molar-refractivity contribution in [1.82, 2.24) is 20.3 Å². The number of rotatable bonds is 7. The van der Waals surface area contributed by atoms with E-state index >= 15 is 0 Å². The summed E-state index contributed by atoms with van der Waals surface area (Å²) in [5, 5.41) is 3.47. The summed E-state index contributed by atoms with van der Waals surface area (Å²) >= 11 is 0. The molecule has 1 aliphatic rings. The molecule has 0 unspecified atom stereocenters. The minimum Gasteiger partial charge on any atom is -0.344 e. The molecule has 2 aromatic rings. The van der Waals surface area contributed by atoms with Crippen LogP contribution in [0.2, 0.25) is 0 Å². The number of nitrogens with zero attached hydrogens (tertiary/aromatic N) is 4. The van der Waals surface area contributed by atoms with Gasteiger partial charge in [0.1, 0.15) is 0 Å². The zero-order chi connectivity index (χ0) is 14.5. The number of aromatic nitrogens is 3. The number of likely N-dealkylation sites (N-methyl/N-ethyl adjacent to an activating group) is 1. The Morgan fingerprint density at radius 3 is 2.52 bits per heavy atom. The Morgan fingerprint density at radius 1 is 1.14 bits per heavy atom. The number of anilines is 1. The van der Waals surface area contributed by atoms with Gasteiger partial charge in [-0.15, -0.1) is 0 Å². The predicted octanol–water partition coefficient (Wildman–Crippen LogP) is 1.80. The molecule has 3 rings (SSSR count). The number of nitrogens with one attached hydrogen (secondary N) is 1. The van der Waals surface area contributed by atoms with Crippen LogP contribution in [0.15, 0.2) is 36.9 Å². The lowest BCUT2D eigenvalue weighted by Gasteiger charge is -2.17. The average molecular weight is 283 g/mol. The molecule has 0 amide bonds. The molecule has 0 radical (unpaired) electrons. The first-order valence-corrected chi connectivity index (χ1v) is 7.45. The fourth-order valence-corrected chi connectivity index (χ4v) is 2.13. The van der Waals surface area contributed by atoms with Crippen molar-refractivity contribution in [1.29, 1.82) is 0 Å². The van der Waals surface area contributed by atoms with Gasteiger partial charge in [-0.25, -0.2) is 9.97 Å². The molecule has 1 N–H and O–H groups in total. The third-order valence-electron chi connectivity index (χ3n) is 3.69. The SMILES string of the molecule is CN(CCc1ccncc1)c1ncc(CNC2CC2)cn1. The molecule has 2 aromatic heterocycles. The Bertz CT molecular complexity index is 551. The van der Waals surface area contributed by atoms with Crippen LogP contribution in [0.5, 0.6) is 0 Å². The van der Waals surface area contributed by atoms with E-state index in [0.717, 1.165) is 31.0 Å². The van der Waals surface area contributed by atoms with Crippen LogP contribution in [0.4, 0.5) is 5.95 Å². The molecule has 2 heterocycles. The molecule has 0 spiro atoms. The predicted molar refractivity (Wildman–Crippen MR) is 83.1 cm³/mol. The van der Waals surface area contributed by atoms with Gasteiger partial charge in [0.25, 0.3) is 0 Å². The second-order valence-electron chi connectivity index (χ2n) is 5.57. The summed E-state index contributed by atoms with van der Waals surface area (Å²) in [6, 6.07) is 4.80. The van der Waals surface area contributed by atoms with Crippen molar-refractivity contribution in [3.05, 3.63) is 48.0 Å². The highest BCUT2D eigenvalue weighted by atomic mass is 15.2. The van der Waals surface area contributed by atoms with Crippen molar-refractivity contribution in [3.63, 3.8) is 0 Å². The number of hydrogen-bond donors (Lipinski definition) is 1. The van der Waals surface area contributed by atoms with Gasteiger partial charge in [0.15, 0.2) is 0 Å². The summed E-state index contributed by atoms with van der Waals surface area (Å²) in [7, 11) is 2.03. The fourth-order valence-electron chi connectivity index (χ4n) is 2.13. The Hall–Kier alpha value is -2.01. The smallest absolute Gasteiger partial charge is 0.225 e. The van der Waals surface area contributed by atoms with Crippen LogP contribution in [0.3, 0.4) is 0 Å². The lowest BCUT2D eigenvalue weighted by Crippen LogP contribution is -2.23. The van der Waals surface area contributed by atoms with Gasteiger partial charge in [0, 0.05) is 56.5 Å². The van der Waals surface area contributed by atoms with Crippen LogP contribution >= 0.6 is 0 Å². The Morgan fingerprint density at radius 2 is 1.86 bits per heavy atom. The molecule has 1 saturated carbocycles. The van der Waals surface area contributed by atoms with Crippen LogP contribution < -0.4 is 10.2 Å². The molecule has 1 aliphatic carbocycles. The first-order chi connectivity index (χ1) is 10.3. The molecule has 21 heavy (non-hydrogen) atoms. The van der Waals surface area contributed by atoms with E-state index < -0.39 is 0 Å². The topological polar surface area (TPSA) is 53.9 Å². The first kappa shape index (κ1) is 13.9. The summed E-state index contributed by atoms with van der Waals surface area (Å²) in [5.74, 6) is 0.777. The Labute approximate surface area is 125 Å². The van der Waals surface area contributed by atoms with Crippen molar-refractivity contribution < 1.29 is 0 Å². The second-order valence-corrected chi connectivity index (χ2v) is 5.57. The Kier molecular flexibility index (Phi) is 4.40. The molecular formula is C16H21N5. The van der Waals surface area contributed by atoms with Gasteiger partial charge in [0.2, 0.25) is 5.95 Å². The Balaban J connectivity index is 1.50. The highest BCUT2D eigenvalue weighted by Crippen LogP contribution is 2.19. The second kappa shape index (κ2) is 6.63. The van der Waals surface area contributed by atoms with E-state index in [2.05, 4.69) is 25.2 Å². The summed E-state index contributed by atoms with van der Waals surface area (Å²) in [4.78, 5) is 15.0. The molecule has 0 aromatic carbocycles. The van der Waals surface area contributed by atoms with Gasteiger partial charge in [-0.05, 0) is 37.0 Å². The van der Waals surface area contributed by atoms with E-state index in [-0.39, 0.29) is 0 Å². The highest BCUT2D eigenvalue weighted by molar-refractivity contribution is 5.29. The molecule has 1 fully saturated rings. The molecule has 0 aliphatic heterocycles. The van der Waals surface area contributed by atoms with Crippen molar-refractivity contribution in [2.75, 3.05) is 18.5 Å². The third-order valence-corrected chi connectivity index (χ3v) is 3.69. The maximum Gasteiger partial charge on any atom is 0.225 e. The van der Waals surface area contributed by atoms with Crippen molar-refractivity contribution >= 4 is 5.95 Å². The molecule has 0 atom stereocenters. The zero-order valence-electron chi connectivity index (χ0n) is 12.4. The number of hydrogen-bond acceptors (Lipinski definition) is 5. The highest BCUT2D eigenvalue weighted by Gasteiger charge is 2.20. The summed E-state index contributed by atoms with van der Waals surface area (Å²) < 4.78 is 0. The van der Waals surface area contributed by atoms with Gasteiger partial charge in [-0.3, -0.25) is 4.98 Å². The molecule has 5 heteroatoms. The first-order valence-electron chi connectivity index (χ1n) is 7.45. The van der Waals surface area contributed by atoms with E-state index in [0.29, 0.717) is 6.04 Å². The minimum absolute atomic E-state index is 0.715. The largest absolute Gasteiger partial charge is 0.344 e. The molecule has 110 valence electrons. The summed E-state index contributed by atoms with van der Waals surface area (Å²) in [6.07, 6.45) is 11.1. The third kappa shape index (κ3) is 4.23. The maximum atomic E-state index is 4.45. The number of pyridine rings is 1. The van der Waals surface area contributed by atoms with Crippen LogP contribution in [0.1, 0.15) is 24.0 Å². The summed E-state index contributed by atoms with van der Waals surface area (Å²) in [5.41, 5.74) is 2.43. The van der Waals surface area contributed by atoms with Crippen LogP contribution in [0, 0.1) is 0 Å². The van der Waals surface area contributed by atoms with Gasteiger partial charge in [0.05, 0.1) is 0 Å². The van der Waals surface area contributed by atoms with Crippen molar-refractivity contribution in [2.45, 2.75) is 31.8 Å². The standard InChI is InChI=1S/C16H21N5/c1-21(9-6-13-4-7-17-8-5-13)16-19-11-14(12-20-16)10-18-15-2-3-15/h4-5,7-8,11-12,15,18H,2-3,6,9-10H2,1H3. The summed E-state index contributed by atoms with van der Waals surface area (Å²) in [6.45, 7) is 1.76. The fraction of sp³-hybridized carbons (Fsp3) is 0.438. The normalized spacial score (nSPS) is 14.1. The minimum atomic E-state index is 0.715. The van der Waals surface area contributed by atoms with Crippen LogP contribution in [0.25, 0.3) is 0 Å². The van der Waals surface area contributed by atoms with E-state index in [4.69, 9.17) is 0 Å². The average Bonchev–Trinajstić information content (AvgIpc) is 3.36.